The molecule has 1 atom stereocenters. The van der Waals surface area contributed by atoms with E-state index < -0.39 is 29.7 Å². The Hall–Kier alpha value is -6.09. The number of methoxy groups -OCH3 is 2. The molecule has 15 heteroatoms. The van der Waals surface area contributed by atoms with E-state index in [9.17, 15) is 28.8 Å². The monoisotopic (exact) mass is 779 g/mol. The van der Waals surface area contributed by atoms with Crippen molar-refractivity contribution in [3.05, 3.63) is 82.0 Å². The zero-order valence-corrected chi connectivity index (χ0v) is 32.8. The van der Waals surface area contributed by atoms with Crippen LogP contribution in [0.2, 0.25) is 0 Å². The molecule has 4 heterocycles. The Morgan fingerprint density at radius 2 is 1.61 bits per heavy atom. The van der Waals surface area contributed by atoms with E-state index in [1.807, 2.05) is 30.1 Å². The summed E-state index contributed by atoms with van der Waals surface area (Å²) < 4.78 is 13.1. The number of unbranched alkanes of at least 4 members (excludes halogenated alkanes) is 5. The summed E-state index contributed by atoms with van der Waals surface area (Å²) in [4.78, 5) is 82.8. The highest BCUT2D eigenvalue weighted by atomic mass is 16.5. The van der Waals surface area contributed by atoms with Gasteiger partial charge < -0.3 is 24.7 Å². The summed E-state index contributed by atoms with van der Waals surface area (Å²) in [5.74, 6) is -0.937. The summed E-state index contributed by atoms with van der Waals surface area (Å²) in [5.41, 5.74) is 3.42. The van der Waals surface area contributed by atoms with Crippen LogP contribution in [0.3, 0.4) is 0 Å². The molecule has 3 N–H and O–H groups in total. The van der Waals surface area contributed by atoms with Gasteiger partial charge in [0, 0.05) is 62.9 Å². The number of imide groups is 2. The number of carbonyl (C=O) groups is 5. The molecule has 5 amide bonds. The van der Waals surface area contributed by atoms with Crippen LogP contribution in [0.5, 0.6) is 11.5 Å². The smallest absolute Gasteiger partial charge is 0.264 e. The van der Waals surface area contributed by atoms with E-state index in [1.165, 1.54) is 4.57 Å². The minimum atomic E-state index is -0.997. The van der Waals surface area contributed by atoms with Crippen LogP contribution < -0.4 is 31.0 Å². The summed E-state index contributed by atoms with van der Waals surface area (Å²) in [6.07, 6.45) is 10.9. The third-order valence-electron chi connectivity index (χ3n) is 10.5. The number of amides is 5. The lowest BCUT2D eigenvalue weighted by atomic mass is 9.99. The Morgan fingerprint density at radius 1 is 0.912 bits per heavy atom. The van der Waals surface area contributed by atoms with Crippen molar-refractivity contribution in [2.45, 2.75) is 64.0 Å². The average Bonchev–Trinajstić information content (AvgIpc) is 3.45. The van der Waals surface area contributed by atoms with E-state index in [4.69, 9.17) is 9.47 Å². The maximum atomic E-state index is 13.3. The van der Waals surface area contributed by atoms with Gasteiger partial charge in [-0.3, -0.25) is 48.9 Å². The number of fused-ring (bicyclic) bond motifs is 2. The Morgan fingerprint density at radius 3 is 2.32 bits per heavy atom. The molecule has 1 saturated heterocycles. The summed E-state index contributed by atoms with van der Waals surface area (Å²) >= 11 is 0. The summed E-state index contributed by atoms with van der Waals surface area (Å²) in [7, 11) is 6.77. The highest BCUT2D eigenvalue weighted by Crippen LogP contribution is 2.38. The van der Waals surface area contributed by atoms with Gasteiger partial charge in [0.2, 0.25) is 17.7 Å². The highest BCUT2D eigenvalue weighted by molar-refractivity contribution is 6.25. The van der Waals surface area contributed by atoms with E-state index in [0.29, 0.717) is 42.2 Å². The van der Waals surface area contributed by atoms with Crippen molar-refractivity contribution in [2.24, 2.45) is 7.05 Å². The molecule has 1 unspecified atom stereocenters. The number of piperidine rings is 1. The number of nitrogens with zero attached hydrogens (tertiary/aromatic N) is 4. The van der Waals surface area contributed by atoms with Crippen LogP contribution in [-0.4, -0.2) is 95.8 Å². The third-order valence-corrected chi connectivity index (χ3v) is 10.5. The standard InChI is InChI=1S/C42H49N7O8/c1-47(23-31-34(56-3)20-26(21-35(31)57-4)30-24-48(2)40(53)29-22-43-19-16-27(29)30)25-37(51)45-18-10-8-6-5-7-9-17-44-32-13-11-12-28-38(32)42(55)49(41(28)54)33-14-15-36(50)46-39(33)52/h11-13,16,19-22,24,33,44H,5-10,14-15,17-18,23,25H2,1-4H3,(H,45,51)(H,46,50,52). The zero-order valence-electron chi connectivity index (χ0n) is 32.8. The predicted octanol–water partition coefficient (Wildman–Crippen LogP) is 4.02. The number of hydrogen-bond acceptors (Lipinski definition) is 11. The fraction of sp³-hybridized carbons (Fsp3) is 0.405. The van der Waals surface area contributed by atoms with E-state index in [1.54, 1.807) is 58.1 Å². The molecular weight excluding hydrogens is 731 g/mol. The molecule has 0 saturated carbocycles. The van der Waals surface area contributed by atoms with Crippen molar-refractivity contribution in [1.29, 1.82) is 0 Å². The first-order chi connectivity index (χ1) is 27.5. The van der Waals surface area contributed by atoms with Crippen LogP contribution in [-0.2, 0) is 28.0 Å². The van der Waals surface area contributed by atoms with Gasteiger partial charge in [0.1, 0.15) is 17.5 Å². The SMILES string of the molecule is COc1cc(-c2cn(C)c(=O)c3cnccc23)cc(OC)c1CN(C)CC(=O)NCCCCCCCCNc1cccc2c1C(=O)N(C1CCC(=O)NC1=O)C2=O. The Bertz CT molecular complexity index is 2230. The molecule has 0 radical (unpaired) electrons. The Labute approximate surface area is 330 Å². The van der Waals surface area contributed by atoms with Gasteiger partial charge in [0.25, 0.3) is 17.4 Å². The van der Waals surface area contributed by atoms with Crippen molar-refractivity contribution in [3.8, 4) is 22.6 Å². The van der Waals surface area contributed by atoms with Gasteiger partial charge in [0.05, 0.1) is 42.8 Å². The van der Waals surface area contributed by atoms with Gasteiger partial charge in [-0.1, -0.05) is 31.7 Å². The van der Waals surface area contributed by atoms with Crippen LogP contribution in [0, 0.1) is 0 Å². The van der Waals surface area contributed by atoms with E-state index in [2.05, 4.69) is 20.9 Å². The molecule has 2 aromatic heterocycles. The molecule has 2 aliphatic rings. The first-order valence-electron chi connectivity index (χ1n) is 19.2. The second kappa shape index (κ2) is 18.2. The number of pyridine rings is 2. The minimum Gasteiger partial charge on any atom is -0.496 e. The van der Waals surface area contributed by atoms with Crippen molar-refractivity contribution < 1.29 is 33.4 Å². The molecule has 1 fully saturated rings. The molecule has 300 valence electrons. The molecule has 0 bridgehead atoms. The fourth-order valence-electron chi connectivity index (χ4n) is 7.53. The van der Waals surface area contributed by atoms with Gasteiger partial charge in [0.15, 0.2) is 0 Å². The van der Waals surface area contributed by atoms with E-state index in [-0.39, 0.29) is 42.0 Å². The second-order valence-electron chi connectivity index (χ2n) is 14.5. The molecule has 6 rings (SSSR count). The number of benzene rings is 2. The number of likely N-dealkylation sites (N-methyl/N-ethyl adjacent to an activating group) is 1. The normalized spacial score (nSPS) is 15.2. The minimum absolute atomic E-state index is 0.0729. The number of aryl methyl sites for hydroxylation is 1. The number of ether oxygens (including phenoxy) is 2. The van der Waals surface area contributed by atoms with Crippen LogP contribution in [0.1, 0.15) is 77.6 Å². The third kappa shape index (κ3) is 8.99. The van der Waals surface area contributed by atoms with Crippen molar-refractivity contribution in [1.82, 2.24) is 30.0 Å². The largest absolute Gasteiger partial charge is 0.496 e. The molecule has 2 aromatic carbocycles. The first kappa shape index (κ1) is 40.6. The molecule has 0 spiro atoms. The lowest BCUT2D eigenvalue weighted by Gasteiger charge is -2.27. The quantitative estimate of drug-likeness (QED) is 0.0981. The number of nitrogens with one attached hydrogen (secondary N) is 3. The average molecular weight is 780 g/mol. The maximum Gasteiger partial charge on any atom is 0.264 e. The molecular formula is C42H49N7O8. The summed E-state index contributed by atoms with van der Waals surface area (Å²) in [5, 5.41) is 9.83. The maximum absolute atomic E-state index is 13.3. The van der Waals surface area contributed by atoms with E-state index >= 15 is 0 Å². The van der Waals surface area contributed by atoms with Crippen molar-refractivity contribution in [2.75, 3.05) is 46.2 Å². The number of aromatic nitrogens is 2. The number of anilines is 1. The van der Waals surface area contributed by atoms with Gasteiger partial charge in [-0.15, -0.1) is 0 Å². The van der Waals surface area contributed by atoms with Crippen LogP contribution in [0.15, 0.2) is 59.8 Å². The number of carbonyl (C=O) groups excluding carboxylic acids is 5. The van der Waals surface area contributed by atoms with Crippen LogP contribution in [0.4, 0.5) is 5.69 Å². The molecule has 57 heavy (non-hydrogen) atoms. The highest BCUT2D eigenvalue weighted by Gasteiger charge is 2.45. The number of rotatable bonds is 18. The molecule has 0 aliphatic carbocycles. The topological polar surface area (TPSA) is 181 Å². The van der Waals surface area contributed by atoms with Crippen LogP contribution in [0.25, 0.3) is 21.9 Å². The van der Waals surface area contributed by atoms with Crippen molar-refractivity contribution in [3.63, 3.8) is 0 Å². The first-order valence-corrected chi connectivity index (χ1v) is 19.2. The van der Waals surface area contributed by atoms with Crippen molar-refractivity contribution >= 4 is 46.0 Å². The second-order valence-corrected chi connectivity index (χ2v) is 14.5. The van der Waals surface area contributed by atoms with Gasteiger partial charge in [-0.2, -0.15) is 0 Å². The fourth-order valence-corrected chi connectivity index (χ4v) is 7.53. The van der Waals surface area contributed by atoms with Crippen LogP contribution >= 0.6 is 0 Å². The van der Waals surface area contributed by atoms with Gasteiger partial charge in [-0.05, 0) is 67.6 Å². The molecule has 15 nitrogen and oxygen atoms in total. The lowest BCUT2D eigenvalue weighted by Crippen LogP contribution is -2.54. The lowest BCUT2D eigenvalue weighted by molar-refractivity contribution is -0.136. The van der Waals surface area contributed by atoms with Gasteiger partial charge in [-0.25, -0.2) is 0 Å². The Balaban J connectivity index is 0.901. The molecule has 4 aromatic rings. The summed E-state index contributed by atoms with van der Waals surface area (Å²) in [6.45, 7) is 1.81. The summed E-state index contributed by atoms with van der Waals surface area (Å²) in [6, 6.07) is 9.72. The predicted molar refractivity (Wildman–Crippen MR) is 214 cm³/mol. The Kier molecular flexibility index (Phi) is 13.0. The van der Waals surface area contributed by atoms with Gasteiger partial charge >= 0.3 is 0 Å². The molecule has 2 aliphatic heterocycles. The van der Waals surface area contributed by atoms with E-state index in [0.717, 1.165) is 65.5 Å². The number of hydrogen-bond donors (Lipinski definition) is 3. The zero-order chi connectivity index (χ0) is 40.6.